The molecule has 6 heteroatoms. The maximum atomic E-state index is 12.5. The SMILES string of the molecule is CCOc1ccccc1CN1CCCC(CCC(=O)Nc2cc(Cl)ccc2OC)C1. The number of hydrogen-bond donors (Lipinski definition) is 1. The van der Waals surface area contributed by atoms with Crippen molar-refractivity contribution in [2.45, 2.75) is 39.2 Å². The molecule has 1 fully saturated rings. The second kappa shape index (κ2) is 11.2. The summed E-state index contributed by atoms with van der Waals surface area (Å²) in [5.41, 5.74) is 1.85. The molecule has 0 spiro atoms. The molecule has 1 heterocycles. The monoisotopic (exact) mass is 430 g/mol. The molecule has 30 heavy (non-hydrogen) atoms. The van der Waals surface area contributed by atoms with Crippen LogP contribution in [-0.2, 0) is 11.3 Å². The van der Waals surface area contributed by atoms with Crippen LogP contribution in [0, 0.1) is 5.92 Å². The van der Waals surface area contributed by atoms with Gasteiger partial charge in [0.15, 0.2) is 0 Å². The molecular formula is C24H31ClN2O3. The lowest BCUT2D eigenvalue weighted by Gasteiger charge is -2.33. The molecule has 5 nitrogen and oxygen atoms in total. The van der Waals surface area contributed by atoms with Crippen LogP contribution in [0.25, 0.3) is 0 Å². The third-order valence-electron chi connectivity index (χ3n) is 5.48. The van der Waals surface area contributed by atoms with E-state index < -0.39 is 0 Å². The van der Waals surface area contributed by atoms with Crippen molar-refractivity contribution in [3.05, 3.63) is 53.1 Å². The zero-order chi connectivity index (χ0) is 21.3. The van der Waals surface area contributed by atoms with Crippen LogP contribution in [0.15, 0.2) is 42.5 Å². The number of likely N-dealkylation sites (tertiary alicyclic amines) is 1. The van der Waals surface area contributed by atoms with E-state index in [1.165, 1.54) is 5.56 Å². The van der Waals surface area contributed by atoms with Gasteiger partial charge in [-0.15, -0.1) is 0 Å². The van der Waals surface area contributed by atoms with Crippen LogP contribution in [-0.4, -0.2) is 37.6 Å². The molecule has 0 saturated carbocycles. The second-order valence-electron chi connectivity index (χ2n) is 7.72. The van der Waals surface area contributed by atoms with E-state index >= 15 is 0 Å². The largest absolute Gasteiger partial charge is 0.495 e. The van der Waals surface area contributed by atoms with Gasteiger partial charge in [0.05, 0.1) is 19.4 Å². The summed E-state index contributed by atoms with van der Waals surface area (Å²) in [5.74, 6) is 2.10. The van der Waals surface area contributed by atoms with Crippen LogP contribution < -0.4 is 14.8 Å². The van der Waals surface area contributed by atoms with E-state index in [0.29, 0.717) is 35.4 Å². The Morgan fingerprint density at radius 2 is 2.07 bits per heavy atom. The maximum absolute atomic E-state index is 12.5. The number of piperidine rings is 1. The first-order chi connectivity index (χ1) is 14.6. The van der Waals surface area contributed by atoms with E-state index in [0.717, 1.165) is 44.6 Å². The third-order valence-corrected chi connectivity index (χ3v) is 5.72. The minimum Gasteiger partial charge on any atom is -0.495 e. The quantitative estimate of drug-likeness (QED) is 0.580. The van der Waals surface area contributed by atoms with E-state index in [4.69, 9.17) is 21.1 Å². The Bertz CT molecular complexity index is 843. The molecule has 162 valence electrons. The number of anilines is 1. The number of halogens is 1. The van der Waals surface area contributed by atoms with Gasteiger partial charge in [-0.3, -0.25) is 9.69 Å². The standard InChI is InChI=1S/C24H31ClN2O3/c1-3-30-22-9-5-4-8-19(22)17-27-14-6-7-18(16-27)10-13-24(28)26-21-15-20(25)11-12-23(21)29-2/h4-5,8-9,11-12,15,18H,3,6-7,10,13-14,16-17H2,1-2H3,(H,26,28). The summed E-state index contributed by atoms with van der Waals surface area (Å²) in [6.07, 6.45) is 3.69. The molecule has 3 rings (SSSR count). The first kappa shape index (κ1) is 22.4. The van der Waals surface area contributed by atoms with Crippen molar-refractivity contribution in [1.82, 2.24) is 4.90 Å². The highest BCUT2D eigenvalue weighted by molar-refractivity contribution is 6.31. The number of benzene rings is 2. The molecule has 1 saturated heterocycles. The molecule has 1 aliphatic rings. The van der Waals surface area contributed by atoms with Crippen molar-refractivity contribution in [2.75, 3.05) is 32.1 Å². The van der Waals surface area contributed by atoms with Gasteiger partial charge in [-0.25, -0.2) is 0 Å². The Balaban J connectivity index is 1.51. The van der Waals surface area contributed by atoms with Crippen molar-refractivity contribution in [1.29, 1.82) is 0 Å². The highest BCUT2D eigenvalue weighted by Crippen LogP contribution is 2.29. The molecular weight excluding hydrogens is 400 g/mol. The van der Waals surface area contributed by atoms with Gasteiger partial charge >= 0.3 is 0 Å². The molecule has 0 bridgehead atoms. The lowest BCUT2D eigenvalue weighted by Crippen LogP contribution is -2.35. The number of nitrogens with one attached hydrogen (secondary N) is 1. The molecule has 2 aromatic carbocycles. The summed E-state index contributed by atoms with van der Waals surface area (Å²) in [6, 6.07) is 13.5. The minimum absolute atomic E-state index is 0.00520. The van der Waals surface area contributed by atoms with Crippen molar-refractivity contribution in [2.24, 2.45) is 5.92 Å². The number of hydrogen-bond acceptors (Lipinski definition) is 4. The first-order valence-electron chi connectivity index (χ1n) is 10.7. The Kier molecular flexibility index (Phi) is 8.40. The first-order valence-corrected chi connectivity index (χ1v) is 11.0. The van der Waals surface area contributed by atoms with Crippen LogP contribution in [0.2, 0.25) is 5.02 Å². The topological polar surface area (TPSA) is 50.8 Å². The van der Waals surface area contributed by atoms with Crippen molar-refractivity contribution in [3.8, 4) is 11.5 Å². The molecule has 1 atom stereocenters. The molecule has 0 aromatic heterocycles. The highest BCUT2D eigenvalue weighted by atomic mass is 35.5. The van der Waals surface area contributed by atoms with Crippen LogP contribution in [0.5, 0.6) is 11.5 Å². The number of carbonyl (C=O) groups excluding carboxylic acids is 1. The Hall–Kier alpha value is -2.24. The smallest absolute Gasteiger partial charge is 0.224 e. The van der Waals surface area contributed by atoms with Gasteiger partial charge in [-0.2, -0.15) is 0 Å². The number of ether oxygens (including phenoxy) is 2. The van der Waals surface area contributed by atoms with Gasteiger partial charge in [-0.05, 0) is 62.9 Å². The third kappa shape index (κ3) is 6.38. The fourth-order valence-corrected chi connectivity index (χ4v) is 4.20. The highest BCUT2D eigenvalue weighted by Gasteiger charge is 2.22. The van der Waals surface area contributed by atoms with Crippen LogP contribution in [0.4, 0.5) is 5.69 Å². The van der Waals surface area contributed by atoms with Crippen molar-refractivity contribution < 1.29 is 14.3 Å². The van der Waals surface area contributed by atoms with Crippen molar-refractivity contribution in [3.63, 3.8) is 0 Å². The van der Waals surface area contributed by atoms with Gasteiger partial charge in [0.25, 0.3) is 0 Å². The molecule has 0 aliphatic carbocycles. The molecule has 1 N–H and O–H groups in total. The Labute approximate surface area is 184 Å². The zero-order valence-electron chi connectivity index (χ0n) is 17.8. The van der Waals surface area contributed by atoms with Gasteiger partial charge in [0, 0.05) is 30.1 Å². The number of carbonyl (C=O) groups is 1. The number of nitrogens with zero attached hydrogens (tertiary/aromatic N) is 1. The maximum Gasteiger partial charge on any atom is 0.224 e. The summed E-state index contributed by atoms with van der Waals surface area (Å²) in [7, 11) is 1.58. The van der Waals surface area contributed by atoms with Crippen LogP contribution in [0.1, 0.15) is 38.2 Å². The van der Waals surface area contributed by atoms with E-state index in [1.807, 2.05) is 19.1 Å². The van der Waals surface area contributed by atoms with E-state index in [9.17, 15) is 4.79 Å². The van der Waals surface area contributed by atoms with Gasteiger partial charge < -0.3 is 14.8 Å². The van der Waals surface area contributed by atoms with E-state index in [2.05, 4.69) is 22.3 Å². The summed E-state index contributed by atoms with van der Waals surface area (Å²) in [5, 5.41) is 3.51. The predicted octanol–water partition coefficient (Wildman–Crippen LogP) is 5.38. The summed E-state index contributed by atoms with van der Waals surface area (Å²) in [4.78, 5) is 15.0. The summed E-state index contributed by atoms with van der Waals surface area (Å²) in [6.45, 7) is 5.67. The summed E-state index contributed by atoms with van der Waals surface area (Å²) < 4.78 is 11.1. The van der Waals surface area contributed by atoms with Gasteiger partial charge in [0.2, 0.25) is 5.91 Å². The predicted molar refractivity (Wildman–Crippen MR) is 121 cm³/mol. The summed E-state index contributed by atoms with van der Waals surface area (Å²) >= 11 is 6.05. The molecule has 0 radical (unpaired) electrons. The Morgan fingerprint density at radius 1 is 1.23 bits per heavy atom. The van der Waals surface area contributed by atoms with E-state index in [-0.39, 0.29) is 5.91 Å². The fraction of sp³-hybridized carbons (Fsp3) is 0.458. The molecule has 1 aliphatic heterocycles. The van der Waals surface area contributed by atoms with Gasteiger partial charge in [-0.1, -0.05) is 29.8 Å². The molecule has 1 amide bonds. The van der Waals surface area contributed by atoms with E-state index in [1.54, 1.807) is 25.3 Å². The van der Waals surface area contributed by atoms with Crippen LogP contribution >= 0.6 is 11.6 Å². The van der Waals surface area contributed by atoms with Crippen molar-refractivity contribution >= 4 is 23.2 Å². The average molecular weight is 431 g/mol. The molecule has 1 unspecified atom stereocenters. The normalized spacial score (nSPS) is 16.8. The number of methoxy groups -OCH3 is 1. The zero-order valence-corrected chi connectivity index (χ0v) is 18.6. The fourth-order valence-electron chi connectivity index (χ4n) is 4.03. The molecule has 2 aromatic rings. The minimum atomic E-state index is -0.00520. The van der Waals surface area contributed by atoms with Crippen LogP contribution in [0.3, 0.4) is 0 Å². The lowest BCUT2D eigenvalue weighted by atomic mass is 9.93. The number of rotatable bonds is 9. The lowest BCUT2D eigenvalue weighted by molar-refractivity contribution is -0.116. The Morgan fingerprint density at radius 3 is 2.87 bits per heavy atom. The number of para-hydroxylation sites is 1. The van der Waals surface area contributed by atoms with Gasteiger partial charge in [0.1, 0.15) is 11.5 Å². The second-order valence-corrected chi connectivity index (χ2v) is 8.15. The average Bonchev–Trinajstić information content (AvgIpc) is 2.74. The number of amides is 1.